The Hall–Kier alpha value is -1.36. The molecule has 0 atom stereocenters. The lowest BCUT2D eigenvalue weighted by molar-refractivity contribution is -0.173. The number of carbonyl (C=O) groups excluding carboxylic acids is 1. The van der Waals surface area contributed by atoms with Crippen molar-refractivity contribution in [1.82, 2.24) is 0 Å². The summed E-state index contributed by atoms with van der Waals surface area (Å²) >= 11 is 1.25. The first-order valence-electron chi connectivity index (χ1n) is 6.77. The van der Waals surface area contributed by atoms with E-state index < -0.39 is 17.0 Å². The second kappa shape index (κ2) is 5.20. The molecule has 0 aliphatic heterocycles. The predicted molar refractivity (Wildman–Crippen MR) is 77.1 cm³/mol. The maximum absolute atomic E-state index is 12.4. The molecule has 1 aliphatic rings. The number of thiophene rings is 1. The van der Waals surface area contributed by atoms with E-state index in [0.717, 1.165) is 24.1 Å². The lowest BCUT2D eigenvalue weighted by atomic mass is 9.66. The SMILES string of the molecule is CC(C)(C)OC(=O)C1(Cc2ccc(C(=O)O)s2)CCC1. The summed E-state index contributed by atoms with van der Waals surface area (Å²) in [4.78, 5) is 24.5. The molecule has 0 bridgehead atoms. The highest BCUT2D eigenvalue weighted by Crippen LogP contribution is 2.46. The van der Waals surface area contributed by atoms with E-state index in [1.807, 2.05) is 20.8 Å². The minimum absolute atomic E-state index is 0.151. The van der Waals surface area contributed by atoms with Crippen molar-refractivity contribution < 1.29 is 19.4 Å². The summed E-state index contributed by atoms with van der Waals surface area (Å²) in [6.07, 6.45) is 3.25. The fourth-order valence-corrected chi connectivity index (χ4v) is 3.35. The Labute approximate surface area is 122 Å². The zero-order valence-electron chi connectivity index (χ0n) is 12.1. The minimum atomic E-state index is -0.916. The van der Waals surface area contributed by atoms with Gasteiger partial charge in [0.1, 0.15) is 10.5 Å². The number of esters is 1. The number of hydrogen-bond donors (Lipinski definition) is 1. The van der Waals surface area contributed by atoms with Crippen LogP contribution in [0.2, 0.25) is 0 Å². The van der Waals surface area contributed by atoms with Crippen molar-refractivity contribution in [3.05, 3.63) is 21.9 Å². The van der Waals surface area contributed by atoms with Crippen molar-refractivity contribution >= 4 is 23.3 Å². The maximum atomic E-state index is 12.4. The molecule has 1 fully saturated rings. The van der Waals surface area contributed by atoms with E-state index >= 15 is 0 Å². The summed E-state index contributed by atoms with van der Waals surface area (Å²) in [7, 11) is 0. The monoisotopic (exact) mass is 296 g/mol. The fraction of sp³-hybridized carbons (Fsp3) is 0.600. The van der Waals surface area contributed by atoms with Gasteiger partial charge in [0.25, 0.3) is 0 Å². The largest absolute Gasteiger partial charge is 0.477 e. The molecule has 0 radical (unpaired) electrons. The van der Waals surface area contributed by atoms with Gasteiger partial charge in [0, 0.05) is 4.88 Å². The van der Waals surface area contributed by atoms with Crippen LogP contribution in [0.5, 0.6) is 0 Å². The van der Waals surface area contributed by atoms with E-state index in [-0.39, 0.29) is 5.97 Å². The Kier molecular flexibility index (Phi) is 3.91. The first kappa shape index (κ1) is 15.0. The van der Waals surface area contributed by atoms with Gasteiger partial charge in [-0.1, -0.05) is 6.42 Å². The molecule has 0 spiro atoms. The average molecular weight is 296 g/mol. The highest BCUT2D eigenvalue weighted by atomic mass is 32.1. The maximum Gasteiger partial charge on any atom is 0.345 e. The van der Waals surface area contributed by atoms with Crippen LogP contribution in [0.4, 0.5) is 0 Å². The van der Waals surface area contributed by atoms with Crippen LogP contribution in [0, 0.1) is 5.41 Å². The van der Waals surface area contributed by atoms with E-state index in [0.29, 0.717) is 11.3 Å². The molecule has 1 N–H and O–H groups in total. The van der Waals surface area contributed by atoms with E-state index in [1.165, 1.54) is 11.3 Å². The van der Waals surface area contributed by atoms with Crippen molar-refractivity contribution in [2.45, 2.75) is 52.1 Å². The molecule has 1 saturated carbocycles. The highest BCUT2D eigenvalue weighted by Gasteiger charge is 2.47. The van der Waals surface area contributed by atoms with Crippen molar-refractivity contribution in [3.63, 3.8) is 0 Å². The van der Waals surface area contributed by atoms with Gasteiger partial charge in [-0.25, -0.2) is 4.79 Å². The van der Waals surface area contributed by atoms with Gasteiger partial charge in [0.2, 0.25) is 0 Å². The molecule has 1 aromatic heterocycles. The summed E-state index contributed by atoms with van der Waals surface area (Å²) in [5.41, 5.74) is -0.935. The summed E-state index contributed by atoms with van der Waals surface area (Å²) in [6, 6.07) is 3.41. The van der Waals surface area contributed by atoms with Gasteiger partial charge in [0.15, 0.2) is 0 Å². The Morgan fingerprint density at radius 2 is 2.00 bits per heavy atom. The van der Waals surface area contributed by atoms with Crippen LogP contribution in [0.1, 0.15) is 54.6 Å². The molecular formula is C15H20O4S. The summed E-state index contributed by atoms with van der Waals surface area (Å²) in [5, 5.41) is 8.95. The van der Waals surface area contributed by atoms with Gasteiger partial charge < -0.3 is 9.84 Å². The predicted octanol–water partition coefficient (Wildman–Crippen LogP) is 3.50. The summed E-state index contributed by atoms with van der Waals surface area (Å²) in [5.74, 6) is -1.07. The number of carbonyl (C=O) groups is 2. The molecule has 0 aromatic carbocycles. The van der Waals surface area contributed by atoms with Gasteiger partial charge in [-0.05, 0) is 52.2 Å². The Morgan fingerprint density at radius 3 is 2.40 bits per heavy atom. The minimum Gasteiger partial charge on any atom is -0.477 e. The van der Waals surface area contributed by atoms with Crippen LogP contribution in [0.25, 0.3) is 0 Å². The van der Waals surface area contributed by atoms with Gasteiger partial charge in [-0.15, -0.1) is 11.3 Å². The van der Waals surface area contributed by atoms with Crippen molar-refractivity contribution in [1.29, 1.82) is 0 Å². The molecule has 0 unspecified atom stereocenters. The van der Waals surface area contributed by atoms with Crippen molar-refractivity contribution in [3.8, 4) is 0 Å². The first-order chi connectivity index (χ1) is 9.22. The smallest absolute Gasteiger partial charge is 0.345 e. The Bertz CT molecular complexity index is 520. The third-order valence-electron chi connectivity index (χ3n) is 3.53. The molecule has 5 heteroatoms. The molecule has 110 valence electrons. The third kappa shape index (κ3) is 3.20. The molecular weight excluding hydrogens is 276 g/mol. The van der Waals surface area contributed by atoms with E-state index in [4.69, 9.17) is 9.84 Å². The van der Waals surface area contributed by atoms with Gasteiger partial charge in [-0.3, -0.25) is 4.79 Å². The van der Waals surface area contributed by atoms with E-state index in [9.17, 15) is 9.59 Å². The summed E-state index contributed by atoms with van der Waals surface area (Å²) < 4.78 is 5.52. The molecule has 2 rings (SSSR count). The second-order valence-electron chi connectivity index (χ2n) is 6.38. The highest BCUT2D eigenvalue weighted by molar-refractivity contribution is 7.13. The molecule has 1 aliphatic carbocycles. The van der Waals surface area contributed by atoms with Gasteiger partial charge in [-0.2, -0.15) is 0 Å². The second-order valence-corrected chi connectivity index (χ2v) is 7.55. The zero-order chi connectivity index (χ0) is 15.0. The Balaban J connectivity index is 2.11. The molecule has 1 heterocycles. The van der Waals surface area contributed by atoms with Crippen LogP contribution in [0.3, 0.4) is 0 Å². The number of hydrogen-bond acceptors (Lipinski definition) is 4. The molecule has 0 amide bonds. The standard InChI is InChI=1S/C15H20O4S/c1-14(2,3)19-13(18)15(7-4-8-15)9-10-5-6-11(20-10)12(16)17/h5-6H,4,7-9H2,1-3H3,(H,16,17). The lowest BCUT2D eigenvalue weighted by Gasteiger charge is -2.40. The van der Waals surface area contributed by atoms with Crippen LogP contribution in [0.15, 0.2) is 12.1 Å². The van der Waals surface area contributed by atoms with E-state index in [1.54, 1.807) is 12.1 Å². The van der Waals surface area contributed by atoms with Gasteiger partial charge in [0.05, 0.1) is 5.41 Å². The Morgan fingerprint density at radius 1 is 1.35 bits per heavy atom. The number of rotatable bonds is 4. The normalized spacial score (nSPS) is 17.4. The summed E-state index contributed by atoms with van der Waals surface area (Å²) in [6.45, 7) is 5.60. The van der Waals surface area contributed by atoms with Gasteiger partial charge >= 0.3 is 11.9 Å². The number of aromatic carboxylic acids is 1. The van der Waals surface area contributed by atoms with E-state index in [2.05, 4.69) is 0 Å². The topological polar surface area (TPSA) is 63.6 Å². The quantitative estimate of drug-likeness (QED) is 0.864. The van der Waals surface area contributed by atoms with Crippen molar-refractivity contribution in [2.24, 2.45) is 5.41 Å². The fourth-order valence-electron chi connectivity index (χ4n) is 2.36. The average Bonchev–Trinajstić information content (AvgIpc) is 2.69. The number of carboxylic acid groups (broad SMARTS) is 1. The third-order valence-corrected chi connectivity index (χ3v) is 4.60. The number of ether oxygens (including phenoxy) is 1. The molecule has 0 saturated heterocycles. The zero-order valence-corrected chi connectivity index (χ0v) is 12.9. The lowest BCUT2D eigenvalue weighted by Crippen LogP contribution is -2.44. The number of carboxylic acids is 1. The molecule has 4 nitrogen and oxygen atoms in total. The first-order valence-corrected chi connectivity index (χ1v) is 7.59. The van der Waals surface area contributed by atoms with Crippen LogP contribution in [-0.2, 0) is 16.0 Å². The van der Waals surface area contributed by atoms with Crippen LogP contribution < -0.4 is 0 Å². The molecule has 20 heavy (non-hydrogen) atoms. The van der Waals surface area contributed by atoms with Crippen LogP contribution in [-0.4, -0.2) is 22.6 Å². The molecule has 1 aromatic rings. The van der Waals surface area contributed by atoms with Crippen LogP contribution >= 0.6 is 11.3 Å². The van der Waals surface area contributed by atoms with Crippen molar-refractivity contribution in [2.75, 3.05) is 0 Å².